The summed E-state index contributed by atoms with van der Waals surface area (Å²) >= 11 is 0. The molecule has 0 atom stereocenters. The number of rotatable bonds is 6. The lowest BCUT2D eigenvalue weighted by atomic mass is 10.1. The first kappa shape index (κ1) is 14.4. The van der Waals surface area contributed by atoms with Crippen molar-refractivity contribution in [2.75, 3.05) is 27.2 Å². The van der Waals surface area contributed by atoms with Gasteiger partial charge < -0.3 is 9.64 Å². The summed E-state index contributed by atoms with van der Waals surface area (Å²) < 4.78 is 5.60. The van der Waals surface area contributed by atoms with Gasteiger partial charge in [0.2, 0.25) is 0 Å². The van der Waals surface area contributed by atoms with E-state index in [1.807, 2.05) is 14.1 Å². The Morgan fingerprint density at radius 1 is 1.28 bits per heavy atom. The summed E-state index contributed by atoms with van der Waals surface area (Å²) in [6, 6.07) is 3.45. The van der Waals surface area contributed by atoms with Crippen LogP contribution in [0.3, 0.4) is 0 Å². The van der Waals surface area contributed by atoms with Crippen molar-refractivity contribution in [3.05, 3.63) is 33.4 Å². The number of ether oxygens (including phenoxy) is 1. The van der Waals surface area contributed by atoms with Gasteiger partial charge in [0.1, 0.15) is 5.75 Å². The van der Waals surface area contributed by atoms with Gasteiger partial charge in [-0.3, -0.25) is 10.1 Å². The number of hydrogen-bond donors (Lipinski definition) is 0. The predicted octanol–water partition coefficient (Wildman–Crippen LogP) is 2.54. The molecule has 1 aromatic rings. The molecule has 0 aliphatic rings. The number of nitro groups is 1. The molecule has 0 saturated carbocycles. The summed E-state index contributed by atoms with van der Waals surface area (Å²) in [5.41, 5.74) is 1.46. The Balaban J connectivity index is 2.66. The molecule has 0 amide bonds. The largest absolute Gasteiger partial charge is 0.494 e. The molecular weight excluding hydrogens is 232 g/mol. The van der Waals surface area contributed by atoms with Crippen molar-refractivity contribution in [2.24, 2.45) is 0 Å². The maximum Gasteiger partial charge on any atom is 0.275 e. The summed E-state index contributed by atoms with van der Waals surface area (Å²) in [7, 11) is 4.03. The Morgan fingerprint density at radius 3 is 2.28 bits per heavy atom. The molecule has 1 aromatic carbocycles. The van der Waals surface area contributed by atoms with Crippen molar-refractivity contribution in [2.45, 2.75) is 20.3 Å². The summed E-state index contributed by atoms with van der Waals surface area (Å²) in [5, 5.41) is 10.8. The van der Waals surface area contributed by atoms with E-state index in [4.69, 9.17) is 4.74 Å². The van der Waals surface area contributed by atoms with Gasteiger partial charge in [-0.15, -0.1) is 0 Å². The van der Waals surface area contributed by atoms with Crippen LogP contribution < -0.4 is 4.74 Å². The van der Waals surface area contributed by atoms with Gasteiger partial charge in [0, 0.05) is 17.7 Å². The third-order valence-corrected chi connectivity index (χ3v) is 2.67. The maximum atomic E-state index is 10.8. The molecule has 5 nitrogen and oxygen atoms in total. The minimum absolute atomic E-state index is 0.177. The first-order valence-corrected chi connectivity index (χ1v) is 5.95. The monoisotopic (exact) mass is 252 g/mol. The van der Waals surface area contributed by atoms with Crippen LogP contribution in [0.25, 0.3) is 0 Å². The van der Waals surface area contributed by atoms with Crippen LogP contribution in [0, 0.1) is 24.0 Å². The molecule has 0 unspecified atom stereocenters. The fourth-order valence-electron chi connectivity index (χ4n) is 1.86. The van der Waals surface area contributed by atoms with E-state index in [1.165, 1.54) is 0 Å². The van der Waals surface area contributed by atoms with Crippen molar-refractivity contribution < 1.29 is 9.66 Å². The van der Waals surface area contributed by atoms with Gasteiger partial charge in [-0.1, -0.05) is 0 Å². The number of benzene rings is 1. The fourth-order valence-corrected chi connectivity index (χ4v) is 1.86. The van der Waals surface area contributed by atoms with Gasteiger partial charge >= 0.3 is 0 Å². The number of hydrogen-bond acceptors (Lipinski definition) is 4. The Morgan fingerprint density at radius 2 is 1.83 bits per heavy atom. The Labute approximate surface area is 108 Å². The van der Waals surface area contributed by atoms with Crippen LogP contribution in [0.15, 0.2) is 12.1 Å². The molecule has 100 valence electrons. The Kier molecular flexibility index (Phi) is 5.09. The summed E-state index contributed by atoms with van der Waals surface area (Å²) in [6.07, 6.45) is 0.933. The highest BCUT2D eigenvalue weighted by molar-refractivity contribution is 5.50. The van der Waals surface area contributed by atoms with E-state index in [9.17, 15) is 10.1 Å². The second kappa shape index (κ2) is 6.35. The molecule has 0 fully saturated rings. The molecule has 0 spiro atoms. The van der Waals surface area contributed by atoms with E-state index < -0.39 is 0 Å². The minimum atomic E-state index is -0.347. The molecule has 0 aromatic heterocycles. The average Bonchev–Trinajstić information content (AvgIpc) is 2.22. The summed E-state index contributed by atoms with van der Waals surface area (Å²) in [5.74, 6) is 0.703. The zero-order valence-electron chi connectivity index (χ0n) is 11.4. The Bertz CT molecular complexity index is 407. The average molecular weight is 252 g/mol. The second-order valence-corrected chi connectivity index (χ2v) is 4.67. The van der Waals surface area contributed by atoms with Crippen molar-refractivity contribution in [1.82, 2.24) is 4.90 Å². The van der Waals surface area contributed by atoms with Gasteiger partial charge in [-0.2, -0.15) is 0 Å². The SMILES string of the molecule is Cc1cc(OCCCN(C)C)cc(C)c1[N+](=O)[O-]. The number of nitro benzene ring substituents is 1. The quantitative estimate of drug-likeness (QED) is 0.443. The normalized spacial score (nSPS) is 10.7. The first-order valence-electron chi connectivity index (χ1n) is 5.95. The van der Waals surface area contributed by atoms with E-state index in [0.29, 0.717) is 23.5 Å². The molecule has 5 heteroatoms. The first-order chi connectivity index (χ1) is 8.41. The maximum absolute atomic E-state index is 10.8. The lowest BCUT2D eigenvalue weighted by molar-refractivity contribution is -0.386. The smallest absolute Gasteiger partial charge is 0.275 e. The fraction of sp³-hybridized carbons (Fsp3) is 0.538. The van der Waals surface area contributed by atoms with Crippen molar-refractivity contribution >= 4 is 5.69 Å². The van der Waals surface area contributed by atoms with Crippen molar-refractivity contribution in [3.8, 4) is 5.75 Å². The predicted molar refractivity (Wildman–Crippen MR) is 71.2 cm³/mol. The lowest BCUT2D eigenvalue weighted by Gasteiger charge is -2.11. The van der Waals surface area contributed by atoms with Crippen LogP contribution in [-0.2, 0) is 0 Å². The second-order valence-electron chi connectivity index (χ2n) is 4.67. The van der Waals surface area contributed by atoms with Gasteiger partial charge in [0.15, 0.2) is 0 Å². The molecule has 1 rings (SSSR count). The summed E-state index contributed by atoms with van der Waals surface area (Å²) in [4.78, 5) is 12.6. The van der Waals surface area contributed by atoms with Crippen LogP contribution in [-0.4, -0.2) is 37.1 Å². The third-order valence-electron chi connectivity index (χ3n) is 2.67. The van der Waals surface area contributed by atoms with Gasteiger partial charge in [-0.05, 0) is 46.5 Å². The minimum Gasteiger partial charge on any atom is -0.494 e. The molecule has 0 aliphatic heterocycles. The van der Waals surface area contributed by atoms with Gasteiger partial charge in [0.05, 0.1) is 11.5 Å². The topological polar surface area (TPSA) is 55.6 Å². The standard InChI is InChI=1S/C13H20N2O3/c1-10-8-12(18-7-5-6-14(3)4)9-11(2)13(10)15(16)17/h8-9H,5-7H2,1-4H3. The molecule has 18 heavy (non-hydrogen) atoms. The Hall–Kier alpha value is -1.62. The van der Waals surface area contributed by atoms with E-state index in [2.05, 4.69) is 4.90 Å². The molecule has 0 radical (unpaired) electrons. The van der Waals surface area contributed by atoms with Crippen molar-refractivity contribution in [3.63, 3.8) is 0 Å². The molecule has 0 saturated heterocycles. The molecule has 0 heterocycles. The van der Waals surface area contributed by atoms with Crippen LogP contribution in [0.4, 0.5) is 5.69 Å². The highest BCUT2D eigenvalue weighted by Gasteiger charge is 2.15. The van der Waals surface area contributed by atoms with Gasteiger partial charge in [0.25, 0.3) is 5.69 Å². The van der Waals surface area contributed by atoms with E-state index in [-0.39, 0.29) is 10.6 Å². The number of aryl methyl sites for hydroxylation is 2. The van der Waals surface area contributed by atoms with Crippen LogP contribution in [0.5, 0.6) is 5.75 Å². The van der Waals surface area contributed by atoms with E-state index in [0.717, 1.165) is 13.0 Å². The lowest BCUT2D eigenvalue weighted by Crippen LogP contribution is -2.15. The third kappa shape index (κ3) is 4.00. The molecular formula is C13H20N2O3. The van der Waals surface area contributed by atoms with Crippen molar-refractivity contribution in [1.29, 1.82) is 0 Å². The van der Waals surface area contributed by atoms with Crippen LogP contribution in [0.1, 0.15) is 17.5 Å². The zero-order chi connectivity index (χ0) is 13.7. The van der Waals surface area contributed by atoms with Gasteiger partial charge in [-0.25, -0.2) is 0 Å². The highest BCUT2D eigenvalue weighted by atomic mass is 16.6. The van der Waals surface area contributed by atoms with Crippen LogP contribution in [0.2, 0.25) is 0 Å². The molecule has 0 N–H and O–H groups in total. The van der Waals surface area contributed by atoms with E-state index in [1.54, 1.807) is 26.0 Å². The molecule has 0 aliphatic carbocycles. The van der Waals surface area contributed by atoms with E-state index >= 15 is 0 Å². The molecule has 0 bridgehead atoms. The summed E-state index contributed by atoms with van der Waals surface area (Å²) in [6.45, 7) is 5.05. The highest BCUT2D eigenvalue weighted by Crippen LogP contribution is 2.27. The zero-order valence-corrected chi connectivity index (χ0v) is 11.4. The number of nitrogens with zero attached hydrogens (tertiary/aromatic N) is 2. The van der Waals surface area contributed by atoms with Crippen LogP contribution >= 0.6 is 0 Å².